The molecule has 1 unspecified atom stereocenters. The molecule has 6 nitrogen and oxygen atoms in total. The number of para-hydroxylation sites is 2. The number of oxazole rings is 1. The average Bonchev–Trinajstić information content (AvgIpc) is 3.25. The van der Waals surface area contributed by atoms with Crippen LogP contribution in [0.2, 0.25) is 0 Å². The third-order valence-corrected chi connectivity index (χ3v) is 5.08. The quantitative estimate of drug-likeness (QED) is 0.631. The zero-order valence-corrected chi connectivity index (χ0v) is 17.3. The first-order valence-corrected chi connectivity index (χ1v) is 10.3. The van der Waals surface area contributed by atoms with Crippen LogP contribution in [0, 0.1) is 0 Å². The Morgan fingerprint density at radius 1 is 1.13 bits per heavy atom. The summed E-state index contributed by atoms with van der Waals surface area (Å²) in [5.74, 6) is 3.13. The Morgan fingerprint density at radius 3 is 2.67 bits per heavy atom. The van der Waals surface area contributed by atoms with Crippen LogP contribution in [0.25, 0.3) is 11.3 Å². The minimum absolute atomic E-state index is 0.0708. The van der Waals surface area contributed by atoms with E-state index in [1.165, 1.54) is 5.56 Å². The van der Waals surface area contributed by atoms with Crippen LogP contribution in [-0.4, -0.2) is 30.1 Å². The van der Waals surface area contributed by atoms with Crippen LogP contribution < -0.4 is 14.8 Å². The highest BCUT2D eigenvalue weighted by atomic mass is 16.6. The summed E-state index contributed by atoms with van der Waals surface area (Å²) in [6.07, 6.45) is 2.26. The summed E-state index contributed by atoms with van der Waals surface area (Å²) in [5, 5.41) is 2.90. The van der Waals surface area contributed by atoms with Gasteiger partial charge in [0.25, 0.3) is 0 Å². The Balaban J connectivity index is 1.24. The zero-order chi connectivity index (χ0) is 20.9. The fourth-order valence-corrected chi connectivity index (χ4v) is 3.29. The first-order valence-electron chi connectivity index (χ1n) is 10.3. The standard InChI is InChI=1S/C24H26N2O4/c1-16(2)17-7-9-18(10-8-17)22-14-26-24(30-22)12-11-23(27)25-13-19-15-28-20-5-3-4-6-21(20)29-19/h3-10,14,16,19H,11-13,15H2,1-2H3,(H,25,27). The Morgan fingerprint density at radius 2 is 1.90 bits per heavy atom. The second-order valence-corrected chi connectivity index (χ2v) is 7.70. The molecule has 1 N–H and O–H groups in total. The van der Waals surface area contributed by atoms with Gasteiger partial charge in [-0.25, -0.2) is 4.98 Å². The Hall–Kier alpha value is -3.28. The van der Waals surface area contributed by atoms with Crippen molar-refractivity contribution < 1.29 is 18.7 Å². The minimum atomic E-state index is -0.203. The lowest BCUT2D eigenvalue weighted by atomic mass is 10.0. The molecule has 1 amide bonds. The van der Waals surface area contributed by atoms with Crippen molar-refractivity contribution in [1.82, 2.24) is 10.3 Å². The van der Waals surface area contributed by atoms with E-state index in [1.807, 2.05) is 36.4 Å². The van der Waals surface area contributed by atoms with Gasteiger partial charge in [-0.05, 0) is 23.6 Å². The van der Waals surface area contributed by atoms with Gasteiger partial charge in [0.15, 0.2) is 23.1 Å². The van der Waals surface area contributed by atoms with Gasteiger partial charge in [0.1, 0.15) is 12.7 Å². The largest absolute Gasteiger partial charge is 0.486 e. The average molecular weight is 406 g/mol. The molecule has 3 aromatic rings. The number of ether oxygens (including phenoxy) is 2. The maximum atomic E-state index is 12.2. The van der Waals surface area contributed by atoms with Crippen molar-refractivity contribution in [2.24, 2.45) is 0 Å². The second-order valence-electron chi connectivity index (χ2n) is 7.70. The van der Waals surface area contributed by atoms with E-state index in [2.05, 4.69) is 36.3 Å². The molecule has 0 fully saturated rings. The van der Waals surface area contributed by atoms with Gasteiger partial charge in [-0.3, -0.25) is 4.79 Å². The SMILES string of the molecule is CC(C)c1ccc(-c2cnc(CCC(=O)NCC3COc4ccccc4O3)o2)cc1. The van der Waals surface area contributed by atoms with Gasteiger partial charge in [0, 0.05) is 18.4 Å². The molecule has 4 rings (SSSR count). The van der Waals surface area contributed by atoms with Crippen LogP contribution in [0.5, 0.6) is 11.5 Å². The lowest BCUT2D eigenvalue weighted by Gasteiger charge is -2.26. The van der Waals surface area contributed by atoms with Gasteiger partial charge in [-0.2, -0.15) is 0 Å². The highest BCUT2D eigenvalue weighted by Crippen LogP contribution is 2.30. The molecule has 1 aromatic heterocycles. The van der Waals surface area contributed by atoms with E-state index in [0.717, 1.165) is 11.3 Å². The summed E-state index contributed by atoms with van der Waals surface area (Å²) in [6, 6.07) is 15.8. The lowest BCUT2D eigenvalue weighted by Crippen LogP contribution is -2.40. The van der Waals surface area contributed by atoms with E-state index < -0.39 is 0 Å². The third kappa shape index (κ3) is 4.82. The molecule has 6 heteroatoms. The fourth-order valence-electron chi connectivity index (χ4n) is 3.29. The number of nitrogens with one attached hydrogen (secondary N) is 1. The summed E-state index contributed by atoms with van der Waals surface area (Å²) in [5.41, 5.74) is 2.27. The number of carbonyl (C=O) groups excluding carboxylic acids is 1. The lowest BCUT2D eigenvalue weighted by molar-refractivity contribution is -0.121. The van der Waals surface area contributed by atoms with E-state index in [9.17, 15) is 4.79 Å². The number of aromatic nitrogens is 1. The van der Waals surface area contributed by atoms with Crippen molar-refractivity contribution in [3.63, 3.8) is 0 Å². The summed E-state index contributed by atoms with van der Waals surface area (Å²) >= 11 is 0. The number of rotatable bonds is 7. The monoisotopic (exact) mass is 406 g/mol. The molecule has 0 saturated carbocycles. The molecule has 0 radical (unpaired) electrons. The van der Waals surface area contributed by atoms with Crippen LogP contribution >= 0.6 is 0 Å². The normalized spacial score (nSPS) is 15.2. The molecule has 2 heterocycles. The molecular formula is C24H26N2O4. The predicted molar refractivity (Wildman–Crippen MR) is 114 cm³/mol. The van der Waals surface area contributed by atoms with Gasteiger partial charge in [-0.15, -0.1) is 0 Å². The molecule has 1 aliphatic heterocycles. The van der Waals surface area contributed by atoms with E-state index in [-0.39, 0.29) is 12.0 Å². The summed E-state index contributed by atoms with van der Waals surface area (Å²) in [4.78, 5) is 16.5. The molecule has 1 aliphatic rings. The van der Waals surface area contributed by atoms with E-state index >= 15 is 0 Å². The fraction of sp³-hybridized carbons (Fsp3) is 0.333. The highest BCUT2D eigenvalue weighted by molar-refractivity contribution is 5.76. The number of hydrogen-bond donors (Lipinski definition) is 1. The first-order chi connectivity index (χ1) is 14.6. The summed E-state index contributed by atoms with van der Waals surface area (Å²) < 4.78 is 17.3. The summed E-state index contributed by atoms with van der Waals surface area (Å²) in [7, 11) is 0. The highest BCUT2D eigenvalue weighted by Gasteiger charge is 2.21. The predicted octanol–water partition coefficient (Wildman–Crippen LogP) is 4.35. The van der Waals surface area contributed by atoms with Crippen molar-refractivity contribution in [2.75, 3.05) is 13.2 Å². The maximum Gasteiger partial charge on any atom is 0.220 e. The zero-order valence-electron chi connectivity index (χ0n) is 17.3. The number of amides is 1. The van der Waals surface area contributed by atoms with Crippen LogP contribution in [0.1, 0.15) is 37.6 Å². The van der Waals surface area contributed by atoms with E-state index in [1.54, 1.807) is 6.20 Å². The molecule has 2 aromatic carbocycles. The van der Waals surface area contributed by atoms with Crippen molar-refractivity contribution in [3.05, 3.63) is 66.2 Å². The number of benzene rings is 2. The molecule has 156 valence electrons. The number of fused-ring (bicyclic) bond motifs is 1. The second kappa shape index (κ2) is 9.03. The molecule has 1 atom stereocenters. The van der Waals surface area contributed by atoms with Crippen molar-refractivity contribution in [3.8, 4) is 22.8 Å². The van der Waals surface area contributed by atoms with Crippen LogP contribution in [0.3, 0.4) is 0 Å². The van der Waals surface area contributed by atoms with E-state index in [4.69, 9.17) is 13.9 Å². The van der Waals surface area contributed by atoms with Crippen molar-refractivity contribution in [2.45, 2.75) is 38.7 Å². The number of carbonyl (C=O) groups is 1. The molecule has 0 aliphatic carbocycles. The van der Waals surface area contributed by atoms with Gasteiger partial charge in [-0.1, -0.05) is 50.2 Å². The number of aryl methyl sites for hydroxylation is 1. The van der Waals surface area contributed by atoms with Gasteiger partial charge >= 0.3 is 0 Å². The first kappa shape index (κ1) is 20.0. The summed E-state index contributed by atoms with van der Waals surface area (Å²) in [6.45, 7) is 5.14. The van der Waals surface area contributed by atoms with Gasteiger partial charge in [0.2, 0.25) is 5.91 Å². The Labute approximate surface area is 176 Å². The van der Waals surface area contributed by atoms with Gasteiger partial charge in [0.05, 0.1) is 12.7 Å². The van der Waals surface area contributed by atoms with Crippen LogP contribution in [0.4, 0.5) is 0 Å². The topological polar surface area (TPSA) is 73.6 Å². The Kier molecular flexibility index (Phi) is 6.02. The maximum absolute atomic E-state index is 12.2. The van der Waals surface area contributed by atoms with E-state index in [0.29, 0.717) is 49.3 Å². The molecule has 0 bridgehead atoms. The Bertz CT molecular complexity index is 994. The number of hydrogen-bond acceptors (Lipinski definition) is 5. The molecule has 30 heavy (non-hydrogen) atoms. The van der Waals surface area contributed by atoms with Crippen molar-refractivity contribution in [1.29, 1.82) is 0 Å². The van der Waals surface area contributed by atoms with Crippen molar-refractivity contribution >= 4 is 5.91 Å². The molecule has 0 saturated heterocycles. The molecule has 0 spiro atoms. The molecular weight excluding hydrogens is 380 g/mol. The van der Waals surface area contributed by atoms with Crippen LogP contribution in [-0.2, 0) is 11.2 Å². The number of nitrogens with zero attached hydrogens (tertiary/aromatic N) is 1. The van der Waals surface area contributed by atoms with Crippen LogP contribution in [0.15, 0.2) is 59.1 Å². The van der Waals surface area contributed by atoms with Gasteiger partial charge < -0.3 is 19.2 Å². The smallest absolute Gasteiger partial charge is 0.220 e. The minimum Gasteiger partial charge on any atom is -0.486 e. The third-order valence-electron chi connectivity index (χ3n) is 5.08.